The van der Waals surface area contributed by atoms with Gasteiger partial charge in [-0.25, -0.2) is 4.39 Å². The first-order chi connectivity index (χ1) is 8.18. The van der Waals surface area contributed by atoms with Gasteiger partial charge in [0.2, 0.25) is 0 Å². The van der Waals surface area contributed by atoms with E-state index in [-0.39, 0.29) is 11.7 Å². The molecule has 5 heteroatoms. The lowest BCUT2D eigenvalue weighted by Gasteiger charge is -2.29. The van der Waals surface area contributed by atoms with Crippen LogP contribution in [0.3, 0.4) is 0 Å². The van der Waals surface area contributed by atoms with Gasteiger partial charge in [-0.1, -0.05) is 12.1 Å². The predicted molar refractivity (Wildman–Crippen MR) is 60.8 cm³/mol. The minimum atomic E-state index is -1.20. The van der Waals surface area contributed by atoms with Gasteiger partial charge in [0, 0.05) is 26.2 Å². The minimum absolute atomic E-state index is 0.321. The Morgan fingerprint density at radius 2 is 1.88 bits per heavy atom. The number of carbonyl (C=O) groups is 1. The summed E-state index contributed by atoms with van der Waals surface area (Å²) in [5, 5.41) is 13.0. The van der Waals surface area contributed by atoms with Gasteiger partial charge in [-0.3, -0.25) is 4.79 Å². The number of rotatable bonds is 2. The molecule has 1 amide bonds. The molecule has 1 atom stereocenters. The molecule has 17 heavy (non-hydrogen) atoms. The first-order valence-corrected chi connectivity index (χ1v) is 5.61. The molecule has 1 saturated heterocycles. The fraction of sp³-hybridized carbons (Fsp3) is 0.417. The van der Waals surface area contributed by atoms with Gasteiger partial charge < -0.3 is 15.3 Å². The van der Waals surface area contributed by atoms with Crippen molar-refractivity contribution in [1.29, 1.82) is 0 Å². The van der Waals surface area contributed by atoms with Gasteiger partial charge in [-0.2, -0.15) is 0 Å². The summed E-state index contributed by atoms with van der Waals surface area (Å²) in [6, 6.07) is 5.34. The Bertz CT molecular complexity index is 388. The average molecular weight is 238 g/mol. The van der Waals surface area contributed by atoms with E-state index in [1.54, 1.807) is 4.90 Å². The first-order valence-electron chi connectivity index (χ1n) is 5.61. The van der Waals surface area contributed by atoms with Gasteiger partial charge in [-0.15, -0.1) is 0 Å². The molecular formula is C12H15FN2O2. The summed E-state index contributed by atoms with van der Waals surface area (Å²) in [6.07, 6.45) is -1.20. The number of hydrogen-bond acceptors (Lipinski definition) is 3. The number of hydrogen-bond donors (Lipinski definition) is 2. The van der Waals surface area contributed by atoms with Gasteiger partial charge in [0.25, 0.3) is 5.91 Å². The van der Waals surface area contributed by atoms with Gasteiger partial charge in [0.05, 0.1) is 0 Å². The van der Waals surface area contributed by atoms with Crippen LogP contribution in [0.4, 0.5) is 4.39 Å². The maximum atomic E-state index is 12.7. The molecule has 0 aliphatic carbocycles. The Morgan fingerprint density at radius 3 is 2.47 bits per heavy atom. The van der Waals surface area contributed by atoms with E-state index >= 15 is 0 Å². The topological polar surface area (TPSA) is 52.6 Å². The number of halogens is 1. The van der Waals surface area contributed by atoms with Crippen LogP contribution >= 0.6 is 0 Å². The summed E-state index contributed by atoms with van der Waals surface area (Å²) in [4.78, 5) is 13.6. The molecule has 0 bridgehead atoms. The molecular weight excluding hydrogens is 223 g/mol. The van der Waals surface area contributed by atoms with Crippen LogP contribution in [0, 0.1) is 5.82 Å². The number of benzene rings is 1. The van der Waals surface area contributed by atoms with Crippen LogP contribution in [-0.4, -0.2) is 42.1 Å². The zero-order valence-electron chi connectivity index (χ0n) is 9.40. The van der Waals surface area contributed by atoms with Crippen LogP contribution in [0.15, 0.2) is 24.3 Å². The molecule has 1 heterocycles. The fourth-order valence-electron chi connectivity index (χ4n) is 1.85. The summed E-state index contributed by atoms with van der Waals surface area (Å²) in [6.45, 7) is 2.66. The van der Waals surface area contributed by atoms with Gasteiger partial charge >= 0.3 is 0 Å². The highest BCUT2D eigenvalue weighted by Crippen LogP contribution is 2.16. The van der Waals surface area contributed by atoms with Gasteiger partial charge in [-0.05, 0) is 17.7 Å². The van der Waals surface area contributed by atoms with E-state index in [1.807, 2.05) is 0 Å². The summed E-state index contributed by atoms with van der Waals surface area (Å²) >= 11 is 0. The van der Waals surface area contributed by atoms with Crippen molar-refractivity contribution in [3.05, 3.63) is 35.6 Å². The molecule has 1 fully saturated rings. The van der Waals surface area contributed by atoms with E-state index in [0.717, 1.165) is 13.1 Å². The Morgan fingerprint density at radius 1 is 1.29 bits per heavy atom. The van der Waals surface area contributed by atoms with E-state index in [1.165, 1.54) is 24.3 Å². The van der Waals surface area contributed by atoms with Crippen molar-refractivity contribution in [2.24, 2.45) is 0 Å². The summed E-state index contributed by atoms with van der Waals surface area (Å²) < 4.78 is 12.7. The number of aliphatic hydroxyl groups is 1. The van der Waals surface area contributed by atoms with Crippen LogP contribution in [0.1, 0.15) is 11.7 Å². The van der Waals surface area contributed by atoms with Crippen molar-refractivity contribution in [1.82, 2.24) is 10.2 Å². The zero-order chi connectivity index (χ0) is 12.3. The number of aliphatic hydroxyl groups excluding tert-OH is 1. The molecule has 0 radical (unpaired) electrons. The predicted octanol–water partition coefficient (Wildman–Crippen LogP) is 0.291. The molecule has 0 aromatic heterocycles. The third kappa shape index (κ3) is 2.81. The highest BCUT2D eigenvalue weighted by atomic mass is 19.1. The van der Waals surface area contributed by atoms with Crippen molar-refractivity contribution < 1.29 is 14.3 Å². The van der Waals surface area contributed by atoms with Crippen LogP contribution in [0.2, 0.25) is 0 Å². The number of piperazine rings is 1. The quantitative estimate of drug-likeness (QED) is 0.778. The lowest BCUT2D eigenvalue weighted by atomic mass is 10.1. The van der Waals surface area contributed by atoms with Gasteiger partial charge in [0.1, 0.15) is 5.82 Å². The Hall–Kier alpha value is -1.46. The van der Waals surface area contributed by atoms with E-state index in [0.29, 0.717) is 18.7 Å². The third-order valence-electron chi connectivity index (χ3n) is 2.85. The van der Waals surface area contributed by atoms with Crippen LogP contribution in [0.5, 0.6) is 0 Å². The van der Waals surface area contributed by atoms with Crippen molar-refractivity contribution in [3.63, 3.8) is 0 Å². The fourth-order valence-corrected chi connectivity index (χ4v) is 1.85. The van der Waals surface area contributed by atoms with E-state index in [4.69, 9.17) is 0 Å². The van der Waals surface area contributed by atoms with Gasteiger partial charge in [0.15, 0.2) is 6.10 Å². The lowest BCUT2D eigenvalue weighted by molar-refractivity contribution is -0.141. The Labute approximate surface area is 99.0 Å². The maximum Gasteiger partial charge on any atom is 0.256 e. The standard InChI is InChI=1S/C12H15FN2O2/c13-10-3-1-9(2-4-10)11(16)12(17)15-7-5-14-6-8-15/h1-4,11,14,16H,5-8H2. The molecule has 1 aliphatic rings. The summed E-state index contributed by atoms with van der Waals surface area (Å²) in [5.41, 5.74) is 0.426. The lowest BCUT2D eigenvalue weighted by Crippen LogP contribution is -2.48. The number of carbonyl (C=O) groups excluding carboxylic acids is 1. The SMILES string of the molecule is O=C(C(O)c1ccc(F)cc1)N1CCNCC1. The monoisotopic (exact) mass is 238 g/mol. The highest BCUT2D eigenvalue weighted by molar-refractivity contribution is 5.82. The molecule has 2 rings (SSSR count). The summed E-state index contributed by atoms with van der Waals surface area (Å²) in [5.74, 6) is -0.700. The number of nitrogens with zero attached hydrogens (tertiary/aromatic N) is 1. The first kappa shape index (κ1) is 12.0. The second-order valence-electron chi connectivity index (χ2n) is 4.03. The van der Waals surface area contributed by atoms with Crippen LogP contribution in [0.25, 0.3) is 0 Å². The van der Waals surface area contributed by atoms with Crippen molar-refractivity contribution in [2.45, 2.75) is 6.10 Å². The average Bonchev–Trinajstić information content (AvgIpc) is 2.39. The van der Waals surface area contributed by atoms with Crippen LogP contribution in [-0.2, 0) is 4.79 Å². The molecule has 1 aromatic rings. The minimum Gasteiger partial charge on any atom is -0.378 e. The third-order valence-corrected chi connectivity index (χ3v) is 2.85. The van der Waals surface area contributed by atoms with E-state index in [2.05, 4.69) is 5.32 Å². The van der Waals surface area contributed by atoms with Crippen molar-refractivity contribution in [3.8, 4) is 0 Å². The highest BCUT2D eigenvalue weighted by Gasteiger charge is 2.24. The molecule has 0 saturated carbocycles. The normalized spacial score (nSPS) is 17.9. The largest absolute Gasteiger partial charge is 0.378 e. The van der Waals surface area contributed by atoms with E-state index in [9.17, 15) is 14.3 Å². The second-order valence-corrected chi connectivity index (χ2v) is 4.03. The van der Waals surface area contributed by atoms with Crippen molar-refractivity contribution >= 4 is 5.91 Å². The molecule has 1 aromatic carbocycles. The smallest absolute Gasteiger partial charge is 0.256 e. The Kier molecular flexibility index (Phi) is 3.71. The molecule has 4 nitrogen and oxygen atoms in total. The number of nitrogens with one attached hydrogen (secondary N) is 1. The molecule has 1 aliphatic heterocycles. The van der Waals surface area contributed by atoms with E-state index < -0.39 is 6.10 Å². The second kappa shape index (κ2) is 5.25. The molecule has 1 unspecified atom stereocenters. The molecule has 92 valence electrons. The van der Waals surface area contributed by atoms with Crippen LogP contribution < -0.4 is 5.32 Å². The summed E-state index contributed by atoms with van der Waals surface area (Å²) in [7, 11) is 0. The zero-order valence-corrected chi connectivity index (χ0v) is 9.40. The molecule has 2 N–H and O–H groups in total. The Balaban J connectivity index is 2.05. The maximum absolute atomic E-state index is 12.7. The number of amides is 1. The molecule has 0 spiro atoms. The van der Waals surface area contributed by atoms with Crippen molar-refractivity contribution in [2.75, 3.05) is 26.2 Å².